The van der Waals surface area contributed by atoms with Gasteiger partial charge in [-0.3, -0.25) is 4.90 Å². The molecule has 1 aromatic rings. The third kappa shape index (κ3) is 4.09. The lowest BCUT2D eigenvalue weighted by Crippen LogP contribution is -2.35. The molecular weight excluding hydrogens is 322 g/mol. The summed E-state index contributed by atoms with van der Waals surface area (Å²) >= 11 is 0. The summed E-state index contributed by atoms with van der Waals surface area (Å²) in [6, 6.07) is 1.85. The Hall–Kier alpha value is -1.48. The number of aryl methyl sites for hydroxylation is 1. The molecule has 1 atom stereocenters. The van der Waals surface area contributed by atoms with Crippen LogP contribution >= 0.6 is 0 Å². The molecule has 0 amide bonds. The van der Waals surface area contributed by atoms with E-state index in [4.69, 9.17) is 0 Å². The van der Waals surface area contributed by atoms with Crippen molar-refractivity contribution < 1.29 is 10.2 Å². The van der Waals surface area contributed by atoms with Gasteiger partial charge in [-0.1, -0.05) is 25.5 Å². The molecule has 3 nitrogen and oxygen atoms in total. The van der Waals surface area contributed by atoms with Crippen LogP contribution in [-0.2, 0) is 6.54 Å². The van der Waals surface area contributed by atoms with Crippen molar-refractivity contribution in [1.82, 2.24) is 4.90 Å². The Kier molecular flexibility index (Phi) is 5.96. The van der Waals surface area contributed by atoms with Gasteiger partial charge in [-0.05, 0) is 82.5 Å². The Morgan fingerprint density at radius 1 is 1.12 bits per heavy atom. The molecule has 3 rings (SSSR count). The first-order valence-electron chi connectivity index (χ1n) is 10.3. The topological polar surface area (TPSA) is 43.7 Å². The van der Waals surface area contributed by atoms with E-state index in [0.717, 1.165) is 67.4 Å². The molecule has 1 aliphatic carbocycles. The fourth-order valence-corrected chi connectivity index (χ4v) is 4.75. The highest BCUT2D eigenvalue weighted by molar-refractivity contribution is 5.55. The molecule has 1 heterocycles. The van der Waals surface area contributed by atoms with Crippen LogP contribution in [0.2, 0.25) is 0 Å². The van der Waals surface area contributed by atoms with Crippen molar-refractivity contribution in [2.24, 2.45) is 11.8 Å². The summed E-state index contributed by atoms with van der Waals surface area (Å²) in [5.74, 6) is 2.29. The maximum Gasteiger partial charge on any atom is 0.127 e. The van der Waals surface area contributed by atoms with Gasteiger partial charge in [-0.15, -0.1) is 0 Å². The fourth-order valence-electron chi connectivity index (χ4n) is 4.75. The second kappa shape index (κ2) is 8.04. The summed E-state index contributed by atoms with van der Waals surface area (Å²) in [7, 11) is 0. The number of hydrogen-bond acceptors (Lipinski definition) is 3. The molecule has 1 aliphatic heterocycles. The molecule has 0 spiro atoms. The van der Waals surface area contributed by atoms with Crippen molar-refractivity contribution >= 4 is 0 Å². The van der Waals surface area contributed by atoms with Gasteiger partial charge in [0.2, 0.25) is 0 Å². The van der Waals surface area contributed by atoms with E-state index < -0.39 is 0 Å². The fraction of sp³-hybridized carbons (Fsp3) is 0.652. The molecule has 2 aliphatic rings. The third-order valence-electron chi connectivity index (χ3n) is 6.55. The Morgan fingerprint density at radius 2 is 1.81 bits per heavy atom. The number of rotatable bonds is 4. The van der Waals surface area contributed by atoms with Crippen molar-refractivity contribution in [1.29, 1.82) is 0 Å². The van der Waals surface area contributed by atoms with Gasteiger partial charge in [-0.2, -0.15) is 0 Å². The second-order valence-corrected chi connectivity index (χ2v) is 8.82. The zero-order chi connectivity index (χ0) is 18.8. The monoisotopic (exact) mass is 357 g/mol. The summed E-state index contributed by atoms with van der Waals surface area (Å²) in [6.07, 6.45) is 7.96. The number of nitrogens with zero attached hydrogens (tertiary/aromatic N) is 1. The molecule has 0 radical (unpaired) electrons. The normalized spacial score (nSPS) is 22.7. The van der Waals surface area contributed by atoms with Gasteiger partial charge in [-0.25, -0.2) is 0 Å². The van der Waals surface area contributed by atoms with E-state index in [-0.39, 0.29) is 11.7 Å². The Morgan fingerprint density at radius 3 is 2.42 bits per heavy atom. The predicted molar refractivity (Wildman–Crippen MR) is 108 cm³/mol. The van der Waals surface area contributed by atoms with E-state index in [9.17, 15) is 10.2 Å². The largest absolute Gasteiger partial charge is 0.507 e. The van der Waals surface area contributed by atoms with Gasteiger partial charge in [0.15, 0.2) is 0 Å². The lowest BCUT2D eigenvalue weighted by atomic mass is 9.83. The maximum absolute atomic E-state index is 11.0. The highest BCUT2D eigenvalue weighted by Crippen LogP contribution is 2.44. The number of aromatic hydroxyl groups is 2. The van der Waals surface area contributed by atoms with Crippen LogP contribution in [0.5, 0.6) is 11.5 Å². The number of hydrogen-bond donors (Lipinski definition) is 2. The van der Waals surface area contributed by atoms with Crippen molar-refractivity contribution in [3.63, 3.8) is 0 Å². The average molecular weight is 358 g/mol. The van der Waals surface area contributed by atoms with Crippen molar-refractivity contribution in [3.05, 3.63) is 34.4 Å². The predicted octanol–water partition coefficient (Wildman–Crippen LogP) is 5.49. The first kappa shape index (κ1) is 19.3. The van der Waals surface area contributed by atoms with Crippen LogP contribution in [0.4, 0.5) is 0 Å². The first-order valence-corrected chi connectivity index (χ1v) is 10.3. The number of piperidine rings is 1. The molecule has 0 bridgehead atoms. The number of benzene rings is 1. The zero-order valence-electron chi connectivity index (χ0n) is 16.9. The molecule has 2 N–H and O–H groups in total. The SMILES string of the molecule is CC1=CC(c2c(O)cc(C)c(CN3CCC(C(C)C)CC3)c2O)CCC1. The van der Waals surface area contributed by atoms with Crippen LogP contribution in [0.25, 0.3) is 0 Å². The molecule has 1 saturated heterocycles. The van der Waals surface area contributed by atoms with Crippen molar-refractivity contribution in [3.8, 4) is 11.5 Å². The van der Waals surface area contributed by atoms with Crippen LogP contribution in [0.1, 0.15) is 75.5 Å². The lowest BCUT2D eigenvalue weighted by Gasteiger charge is -2.34. The quantitative estimate of drug-likeness (QED) is 0.701. The highest BCUT2D eigenvalue weighted by Gasteiger charge is 2.26. The van der Waals surface area contributed by atoms with Gasteiger partial charge in [0.25, 0.3) is 0 Å². The molecule has 26 heavy (non-hydrogen) atoms. The summed E-state index contributed by atoms with van der Waals surface area (Å²) in [5.41, 5.74) is 4.09. The molecule has 144 valence electrons. The third-order valence-corrected chi connectivity index (χ3v) is 6.55. The molecule has 3 heteroatoms. The molecular formula is C23H35NO2. The molecule has 1 aromatic carbocycles. The highest BCUT2D eigenvalue weighted by atomic mass is 16.3. The Bertz CT molecular complexity index is 669. The minimum atomic E-state index is 0.134. The summed E-state index contributed by atoms with van der Waals surface area (Å²) in [4.78, 5) is 2.46. The summed E-state index contributed by atoms with van der Waals surface area (Å²) < 4.78 is 0. The van der Waals surface area contributed by atoms with Gasteiger partial charge >= 0.3 is 0 Å². The molecule has 1 fully saturated rings. The van der Waals surface area contributed by atoms with Crippen molar-refractivity contribution in [2.45, 2.75) is 72.3 Å². The molecule has 0 saturated carbocycles. The van der Waals surface area contributed by atoms with Gasteiger partial charge in [0.05, 0.1) is 0 Å². The van der Waals surface area contributed by atoms with Gasteiger partial charge in [0, 0.05) is 23.6 Å². The van der Waals surface area contributed by atoms with Crippen molar-refractivity contribution in [2.75, 3.05) is 13.1 Å². The van der Waals surface area contributed by atoms with Crippen LogP contribution in [0.15, 0.2) is 17.7 Å². The first-order chi connectivity index (χ1) is 12.4. The van der Waals surface area contributed by atoms with Gasteiger partial charge < -0.3 is 10.2 Å². The van der Waals surface area contributed by atoms with Crippen LogP contribution in [0, 0.1) is 18.8 Å². The summed E-state index contributed by atoms with van der Waals surface area (Å²) in [5, 5.41) is 21.6. The van der Waals surface area contributed by atoms with E-state index in [2.05, 4.69) is 31.7 Å². The van der Waals surface area contributed by atoms with E-state index >= 15 is 0 Å². The van der Waals surface area contributed by atoms with Crippen LogP contribution < -0.4 is 0 Å². The minimum absolute atomic E-state index is 0.134. The summed E-state index contributed by atoms with van der Waals surface area (Å²) in [6.45, 7) is 11.8. The number of phenolic OH excluding ortho intramolecular Hbond substituents is 2. The van der Waals surface area contributed by atoms with Crippen LogP contribution in [0.3, 0.4) is 0 Å². The number of phenols is 2. The van der Waals surface area contributed by atoms with E-state index in [0.29, 0.717) is 5.75 Å². The second-order valence-electron chi connectivity index (χ2n) is 8.82. The van der Waals surface area contributed by atoms with Crippen LogP contribution in [-0.4, -0.2) is 28.2 Å². The molecule has 1 unspecified atom stereocenters. The molecule has 0 aromatic heterocycles. The zero-order valence-corrected chi connectivity index (χ0v) is 16.9. The Labute approximate surface area is 158 Å². The lowest BCUT2D eigenvalue weighted by molar-refractivity contribution is 0.150. The average Bonchev–Trinajstić information content (AvgIpc) is 2.59. The standard InChI is InChI=1S/C23H35NO2/c1-15(2)18-8-10-24(11-9-18)14-20-17(4)13-21(25)22(23(20)26)19-7-5-6-16(3)12-19/h12-13,15,18-19,25-26H,5-11,14H2,1-4H3. The van der Waals surface area contributed by atoms with E-state index in [1.54, 1.807) is 0 Å². The van der Waals surface area contributed by atoms with Gasteiger partial charge in [0.1, 0.15) is 11.5 Å². The van der Waals surface area contributed by atoms with E-state index in [1.807, 2.05) is 13.0 Å². The number of allylic oxidation sites excluding steroid dienone is 2. The van der Waals surface area contributed by atoms with E-state index in [1.165, 1.54) is 18.4 Å². The smallest absolute Gasteiger partial charge is 0.127 e. The number of likely N-dealkylation sites (tertiary alicyclic amines) is 1. The minimum Gasteiger partial charge on any atom is -0.507 e. The maximum atomic E-state index is 11.0. The Balaban J connectivity index is 1.82.